The quantitative estimate of drug-likeness (QED) is 0.338. The Morgan fingerprint density at radius 2 is 1.90 bits per heavy atom. The van der Waals surface area contributed by atoms with Crippen LogP contribution >= 0.6 is 31.9 Å². The van der Waals surface area contributed by atoms with Gasteiger partial charge < -0.3 is 10.5 Å². The van der Waals surface area contributed by atoms with Crippen molar-refractivity contribution in [1.82, 2.24) is 0 Å². The average molecular weight is 415 g/mol. The Morgan fingerprint density at radius 3 is 2.52 bits per heavy atom. The second-order valence-corrected chi connectivity index (χ2v) is 5.89. The number of halogens is 2. The molecule has 0 saturated heterocycles. The molecule has 0 bridgehead atoms. The highest BCUT2D eigenvalue weighted by Gasteiger charge is 2.13. The van der Waals surface area contributed by atoms with E-state index in [0.717, 1.165) is 4.47 Å². The Hall–Kier alpha value is -1.93. The summed E-state index contributed by atoms with van der Waals surface area (Å²) in [6, 6.07) is 9.28. The molecule has 6 nitrogen and oxygen atoms in total. The fraction of sp³-hybridized carbons (Fsp3) is 0. The maximum atomic E-state index is 10.9. The summed E-state index contributed by atoms with van der Waals surface area (Å²) in [6.45, 7) is 0. The van der Waals surface area contributed by atoms with Gasteiger partial charge in [-0.2, -0.15) is 0 Å². The van der Waals surface area contributed by atoms with Crippen LogP contribution in [-0.4, -0.2) is 10.8 Å². The van der Waals surface area contributed by atoms with Crippen LogP contribution in [0.4, 0.5) is 5.69 Å². The first kappa shape index (κ1) is 15.5. The maximum Gasteiger partial charge on any atom is 0.274 e. The monoisotopic (exact) mass is 413 g/mol. The molecule has 0 aliphatic carbocycles. The van der Waals surface area contributed by atoms with Crippen molar-refractivity contribution in [3.63, 3.8) is 0 Å². The van der Waals surface area contributed by atoms with Crippen LogP contribution in [0.1, 0.15) is 5.56 Å². The van der Waals surface area contributed by atoms with Crippen molar-refractivity contribution in [2.24, 2.45) is 5.73 Å². The molecule has 0 amide bonds. The highest BCUT2D eigenvalue weighted by atomic mass is 79.9. The number of hydrogen-bond donors (Lipinski definition) is 2. The van der Waals surface area contributed by atoms with E-state index in [0.29, 0.717) is 15.8 Å². The summed E-state index contributed by atoms with van der Waals surface area (Å²) in [5, 5.41) is 18.4. The Bertz CT molecular complexity index is 735. The minimum absolute atomic E-state index is 0.0984. The number of nitrogens with two attached hydrogens (primary N) is 1. The predicted molar refractivity (Wildman–Crippen MR) is 86.0 cm³/mol. The van der Waals surface area contributed by atoms with E-state index in [-0.39, 0.29) is 17.3 Å². The number of nitrogens with zero attached hydrogens (tertiary/aromatic N) is 1. The Balaban J connectivity index is 2.45. The van der Waals surface area contributed by atoms with E-state index in [2.05, 4.69) is 31.9 Å². The summed E-state index contributed by atoms with van der Waals surface area (Å²) < 4.78 is 6.90. The number of benzene rings is 2. The van der Waals surface area contributed by atoms with Gasteiger partial charge in [0.1, 0.15) is 17.3 Å². The van der Waals surface area contributed by atoms with Gasteiger partial charge in [-0.1, -0.05) is 31.9 Å². The lowest BCUT2D eigenvalue weighted by Crippen LogP contribution is -2.12. The van der Waals surface area contributed by atoms with Crippen molar-refractivity contribution in [1.29, 1.82) is 5.41 Å². The molecule has 0 aromatic heterocycles. The Kier molecular flexibility index (Phi) is 4.59. The largest absolute Gasteiger partial charge is 0.456 e. The first-order chi connectivity index (χ1) is 9.86. The third-order valence-electron chi connectivity index (χ3n) is 2.53. The number of nitrogen functional groups attached to an aromatic ring is 1. The highest BCUT2D eigenvalue weighted by molar-refractivity contribution is 9.10. The minimum atomic E-state index is -0.510. The molecule has 0 saturated carbocycles. The minimum Gasteiger partial charge on any atom is -0.456 e. The van der Waals surface area contributed by atoms with Crippen LogP contribution in [0.5, 0.6) is 11.5 Å². The number of rotatable bonds is 4. The maximum absolute atomic E-state index is 10.9. The normalized spacial score (nSPS) is 10.2. The van der Waals surface area contributed by atoms with Crippen LogP contribution in [-0.2, 0) is 0 Å². The van der Waals surface area contributed by atoms with E-state index in [1.165, 1.54) is 12.1 Å². The molecule has 3 N–H and O–H groups in total. The van der Waals surface area contributed by atoms with Crippen LogP contribution in [0.25, 0.3) is 0 Å². The lowest BCUT2D eigenvalue weighted by Gasteiger charge is -2.11. The topological polar surface area (TPSA) is 102 Å². The molecule has 0 aliphatic rings. The SMILES string of the molecule is N=C(N)c1ccc(Br)cc1Oc1cc(Br)cc([N+](=O)[O-])c1. The molecule has 0 fully saturated rings. The molecule has 2 aromatic carbocycles. The molecule has 0 aliphatic heterocycles. The van der Waals surface area contributed by atoms with Crippen LogP contribution in [0, 0.1) is 15.5 Å². The molecule has 0 spiro atoms. The highest BCUT2D eigenvalue weighted by Crippen LogP contribution is 2.32. The number of nitro groups is 1. The number of amidine groups is 1. The van der Waals surface area contributed by atoms with Crippen molar-refractivity contribution in [2.75, 3.05) is 0 Å². The molecule has 0 unspecified atom stereocenters. The lowest BCUT2D eigenvalue weighted by molar-refractivity contribution is -0.385. The number of nitro benzene ring substituents is 1. The second-order valence-electron chi connectivity index (χ2n) is 4.06. The van der Waals surface area contributed by atoms with Gasteiger partial charge in [0.15, 0.2) is 0 Å². The zero-order valence-electron chi connectivity index (χ0n) is 10.5. The fourth-order valence-corrected chi connectivity index (χ4v) is 2.44. The van der Waals surface area contributed by atoms with E-state index in [4.69, 9.17) is 15.9 Å². The second kappa shape index (κ2) is 6.23. The molecular formula is C13H9Br2N3O3. The smallest absolute Gasteiger partial charge is 0.274 e. The summed E-state index contributed by atoms with van der Waals surface area (Å²) in [5.41, 5.74) is 5.80. The van der Waals surface area contributed by atoms with Crippen LogP contribution in [0.3, 0.4) is 0 Å². The molecule has 8 heteroatoms. The van der Waals surface area contributed by atoms with E-state index in [1.807, 2.05) is 0 Å². The summed E-state index contributed by atoms with van der Waals surface area (Å²) in [7, 11) is 0. The van der Waals surface area contributed by atoms with E-state index >= 15 is 0 Å². The molecule has 0 radical (unpaired) electrons. The zero-order valence-corrected chi connectivity index (χ0v) is 13.6. The van der Waals surface area contributed by atoms with E-state index < -0.39 is 4.92 Å². The first-order valence-electron chi connectivity index (χ1n) is 5.63. The zero-order chi connectivity index (χ0) is 15.6. The Labute approximate surface area is 136 Å². The molecule has 108 valence electrons. The summed E-state index contributed by atoms with van der Waals surface area (Å²) in [6.07, 6.45) is 0. The van der Waals surface area contributed by atoms with Crippen molar-refractivity contribution >= 4 is 43.4 Å². The third-order valence-corrected chi connectivity index (χ3v) is 3.48. The number of ether oxygens (including phenoxy) is 1. The third kappa shape index (κ3) is 3.79. The number of hydrogen-bond acceptors (Lipinski definition) is 4. The van der Waals surface area contributed by atoms with Gasteiger partial charge in [-0.05, 0) is 24.3 Å². The van der Waals surface area contributed by atoms with Gasteiger partial charge in [-0.25, -0.2) is 0 Å². The van der Waals surface area contributed by atoms with Gasteiger partial charge in [0.2, 0.25) is 0 Å². The molecule has 2 aromatic rings. The van der Waals surface area contributed by atoms with Crippen LogP contribution in [0.15, 0.2) is 45.3 Å². The molecule has 0 heterocycles. The van der Waals surface area contributed by atoms with Crippen molar-refractivity contribution in [2.45, 2.75) is 0 Å². The van der Waals surface area contributed by atoms with Gasteiger partial charge in [0.05, 0.1) is 16.6 Å². The van der Waals surface area contributed by atoms with Gasteiger partial charge >= 0.3 is 0 Å². The van der Waals surface area contributed by atoms with Gasteiger partial charge in [0.25, 0.3) is 5.69 Å². The van der Waals surface area contributed by atoms with Gasteiger partial charge in [0, 0.05) is 15.0 Å². The molecular weight excluding hydrogens is 406 g/mol. The van der Waals surface area contributed by atoms with Crippen molar-refractivity contribution in [3.8, 4) is 11.5 Å². The fourth-order valence-electron chi connectivity index (χ4n) is 1.64. The van der Waals surface area contributed by atoms with Gasteiger partial charge in [-0.15, -0.1) is 0 Å². The summed E-state index contributed by atoms with van der Waals surface area (Å²) in [5.74, 6) is 0.461. The van der Waals surface area contributed by atoms with E-state index in [9.17, 15) is 10.1 Å². The first-order valence-corrected chi connectivity index (χ1v) is 7.22. The average Bonchev–Trinajstić information content (AvgIpc) is 2.37. The van der Waals surface area contributed by atoms with Crippen LogP contribution < -0.4 is 10.5 Å². The van der Waals surface area contributed by atoms with Crippen LogP contribution in [0.2, 0.25) is 0 Å². The summed E-state index contributed by atoms with van der Waals surface area (Å²) >= 11 is 6.50. The van der Waals surface area contributed by atoms with Crippen molar-refractivity contribution < 1.29 is 9.66 Å². The number of nitrogens with one attached hydrogen (secondary N) is 1. The van der Waals surface area contributed by atoms with Crippen molar-refractivity contribution in [3.05, 3.63) is 61.0 Å². The Morgan fingerprint density at radius 1 is 1.19 bits per heavy atom. The van der Waals surface area contributed by atoms with Gasteiger partial charge in [-0.3, -0.25) is 15.5 Å². The lowest BCUT2D eigenvalue weighted by atomic mass is 10.2. The number of non-ortho nitro benzene ring substituents is 1. The predicted octanol–water partition coefficient (Wildman–Crippen LogP) is 4.20. The molecule has 0 atom stereocenters. The summed E-state index contributed by atoms with van der Waals surface area (Å²) in [4.78, 5) is 10.3. The molecule has 21 heavy (non-hydrogen) atoms. The standard InChI is InChI=1S/C13H9Br2N3O3/c14-7-1-2-11(13(16)17)12(5-7)21-10-4-8(15)3-9(6-10)18(19)20/h1-6H,(H3,16,17). The molecule has 2 rings (SSSR count). The van der Waals surface area contributed by atoms with E-state index in [1.54, 1.807) is 24.3 Å².